The lowest BCUT2D eigenvalue weighted by Crippen LogP contribution is -2.58. The molecule has 20 heavy (non-hydrogen) atoms. The Kier molecular flexibility index (Phi) is 3.75. The van der Waals surface area contributed by atoms with E-state index in [1.807, 2.05) is 0 Å². The van der Waals surface area contributed by atoms with Crippen LogP contribution >= 0.6 is 0 Å². The highest BCUT2D eigenvalue weighted by Crippen LogP contribution is 2.44. The summed E-state index contributed by atoms with van der Waals surface area (Å²) in [6.07, 6.45) is 5.25. The molecule has 0 radical (unpaired) electrons. The van der Waals surface area contributed by atoms with Crippen LogP contribution in [0.25, 0.3) is 0 Å². The van der Waals surface area contributed by atoms with Gasteiger partial charge in [0.1, 0.15) is 0 Å². The number of halogens is 1. The van der Waals surface area contributed by atoms with Crippen LogP contribution < -0.4 is 0 Å². The van der Waals surface area contributed by atoms with Gasteiger partial charge in [-0.1, -0.05) is 0 Å². The molecule has 0 aromatic carbocycles. The first-order chi connectivity index (χ1) is 9.60. The number of carbonyl (C=O) groups excluding carboxylic acids is 1. The average molecular weight is 284 g/mol. The fourth-order valence-corrected chi connectivity index (χ4v) is 3.90. The molecule has 2 heterocycles. The van der Waals surface area contributed by atoms with Gasteiger partial charge >= 0.3 is 0 Å². The van der Waals surface area contributed by atoms with Crippen LogP contribution in [0.2, 0.25) is 0 Å². The van der Waals surface area contributed by atoms with E-state index in [9.17, 15) is 9.18 Å². The van der Waals surface area contributed by atoms with E-state index in [1.54, 1.807) is 12.0 Å². The molecule has 4 nitrogen and oxygen atoms in total. The minimum atomic E-state index is -1.52. The number of amides is 1. The molecular formula is C15H25FN2O2. The molecule has 5 heteroatoms. The molecule has 1 saturated carbocycles. The number of hydrogen-bond acceptors (Lipinski definition) is 3. The Morgan fingerprint density at radius 2 is 1.90 bits per heavy atom. The van der Waals surface area contributed by atoms with Gasteiger partial charge in [0.15, 0.2) is 5.67 Å². The highest BCUT2D eigenvalue weighted by Gasteiger charge is 2.55. The number of methoxy groups -OCH3 is 1. The van der Waals surface area contributed by atoms with Crippen molar-refractivity contribution in [1.82, 2.24) is 9.80 Å². The quantitative estimate of drug-likeness (QED) is 0.786. The number of likely N-dealkylation sites (tertiary alicyclic amines) is 2. The van der Waals surface area contributed by atoms with Crippen molar-refractivity contribution < 1.29 is 13.9 Å². The topological polar surface area (TPSA) is 32.8 Å². The molecule has 3 aliphatic rings. The van der Waals surface area contributed by atoms with Crippen LogP contribution in [0.15, 0.2) is 0 Å². The van der Waals surface area contributed by atoms with Gasteiger partial charge in [0.25, 0.3) is 5.91 Å². The highest BCUT2D eigenvalue weighted by atomic mass is 19.1. The number of hydrogen-bond donors (Lipinski definition) is 0. The first-order valence-electron chi connectivity index (χ1n) is 7.82. The number of alkyl halides is 1. The fourth-order valence-electron chi connectivity index (χ4n) is 3.90. The molecule has 3 rings (SSSR count). The third-order valence-electron chi connectivity index (χ3n) is 5.22. The number of ether oxygens (including phenoxy) is 1. The second-order valence-corrected chi connectivity index (χ2v) is 6.60. The lowest BCUT2D eigenvalue weighted by Gasteiger charge is -2.46. The molecule has 1 atom stereocenters. The number of carbonyl (C=O) groups is 1. The van der Waals surface area contributed by atoms with Gasteiger partial charge in [0.05, 0.1) is 6.61 Å². The zero-order valence-electron chi connectivity index (χ0n) is 12.4. The Labute approximate surface area is 120 Å². The largest absolute Gasteiger partial charge is 0.383 e. The SMILES string of the molecule is COCCN1CCCC12CCCN(C(=O)C1(F)CC1)C2. The summed E-state index contributed by atoms with van der Waals surface area (Å²) in [6.45, 7) is 4.15. The molecule has 1 unspecified atom stereocenters. The van der Waals surface area contributed by atoms with Crippen molar-refractivity contribution in [2.24, 2.45) is 0 Å². The molecule has 3 fully saturated rings. The number of rotatable bonds is 4. The molecular weight excluding hydrogens is 259 g/mol. The van der Waals surface area contributed by atoms with Crippen molar-refractivity contribution in [2.75, 3.05) is 39.9 Å². The van der Waals surface area contributed by atoms with E-state index in [-0.39, 0.29) is 11.4 Å². The van der Waals surface area contributed by atoms with E-state index in [0.717, 1.165) is 45.5 Å². The first-order valence-corrected chi connectivity index (χ1v) is 7.82. The van der Waals surface area contributed by atoms with Gasteiger partial charge in [-0.15, -0.1) is 0 Å². The van der Waals surface area contributed by atoms with E-state index in [4.69, 9.17) is 4.74 Å². The van der Waals surface area contributed by atoms with Gasteiger partial charge in [-0.2, -0.15) is 0 Å². The van der Waals surface area contributed by atoms with Gasteiger partial charge in [0, 0.05) is 32.3 Å². The Hall–Kier alpha value is -0.680. The van der Waals surface area contributed by atoms with Crippen molar-refractivity contribution in [3.8, 4) is 0 Å². The monoisotopic (exact) mass is 284 g/mol. The summed E-state index contributed by atoms with van der Waals surface area (Å²) in [6, 6.07) is 0. The van der Waals surface area contributed by atoms with Crippen LogP contribution in [0.5, 0.6) is 0 Å². The normalized spacial score (nSPS) is 32.8. The third-order valence-corrected chi connectivity index (χ3v) is 5.22. The van der Waals surface area contributed by atoms with Crippen LogP contribution in [0.3, 0.4) is 0 Å². The molecule has 0 bridgehead atoms. The van der Waals surface area contributed by atoms with E-state index in [1.165, 1.54) is 6.42 Å². The first kappa shape index (κ1) is 14.3. The van der Waals surface area contributed by atoms with Crippen molar-refractivity contribution in [1.29, 1.82) is 0 Å². The summed E-state index contributed by atoms with van der Waals surface area (Å²) in [5.74, 6) is -0.254. The lowest BCUT2D eigenvalue weighted by atomic mass is 9.86. The van der Waals surface area contributed by atoms with Crippen molar-refractivity contribution >= 4 is 5.91 Å². The summed E-state index contributed by atoms with van der Waals surface area (Å²) in [5, 5.41) is 0. The Balaban J connectivity index is 1.68. The molecule has 1 spiro atoms. The van der Waals surface area contributed by atoms with Crippen molar-refractivity contribution in [3.63, 3.8) is 0 Å². The van der Waals surface area contributed by atoms with Gasteiger partial charge in [0.2, 0.25) is 0 Å². The van der Waals surface area contributed by atoms with Crippen LogP contribution in [0, 0.1) is 0 Å². The summed E-state index contributed by atoms with van der Waals surface area (Å²) in [7, 11) is 1.72. The Bertz CT molecular complexity index is 386. The fraction of sp³-hybridized carbons (Fsp3) is 0.933. The summed E-state index contributed by atoms with van der Waals surface area (Å²) in [4.78, 5) is 16.5. The highest BCUT2D eigenvalue weighted by molar-refractivity contribution is 5.88. The molecule has 2 aliphatic heterocycles. The molecule has 0 aromatic rings. The molecule has 1 amide bonds. The van der Waals surface area contributed by atoms with E-state index >= 15 is 0 Å². The number of piperidine rings is 1. The van der Waals surface area contributed by atoms with Gasteiger partial charge in [-0.25, -0.2) is 4.39 Å². The van der Waals surface area contributed by atoms with Crippen LogP contribution in [0.4, 0.5) is 4.39 Å². The maximum Gasteiger partial charge on any atom is 0.260 e. The number of nitrogens with zero attached hydrogens (tertiary/aromatic N) is 2. The molecule has 1 aliphatic carbocycles. The van der Waals surface area contributed by atoms with Crippen LogP contribution in [-0.4, -0.2) is 66.8 Å². The minimum Gasteiger partial charge on any atom is -0.383 e. The van der Waals surface area contributed by atoms with Crippen LogP contribution in [-0.2, 0) is 9.53 Å². The Morgan fingerprint density at radius 1 is 1.20 bits per heavy atom. The van der Waals surface area contributed by atoms with E-state index < -0.39 is 5.67 Å². The maximum atomic E-state index is 14.0. The molecule has 114 valence electrons. The summed E-state index contributed by atoms with van der Waals surface area (Å²) >= 11 is 0. The standard InChI is InChI=1S/C15H25FN2O2/c1-20-11-10-18-9-3-5-14(18)4-2-8-17(12-14)13(19)15(16)6-7-15/h2-12H2,1H3. The second-order valence-electron chi connectivity index (χ2n) is 6.60. The van der Waals surface area contributed by atoms with Gasteiger partial charge in [-0.3, -0.25) is 9.69 Å². The van der Waals surface area contributed by atoms with Crippen LogP contribution in [0.1, 0.15) is 38.5 Å². The van der Waals surface area contributed by atoms with Crippen molar-refractivity contribution in [3.05, 3.63) is 0 Å². The zero-order chi connectivity index (χ0) is 14.2. The lowest BCUT2D eigenvalue weighted by molar-refractivity contribution is -0.142. The van der Waals surface area contributed by atoms with Crippen molar-refractivity contribution in [2.45, 2.75) is 49.7 Å². The third kappa shape index (κ3) is 2.46. The molecule has 2 saturated heterocycles. The summed E-state index contributed by atoms with van der Waals surface area (Å²) in [5.41, 5.74) is -1.44. The average Bonchev–Trinajstić information content (AvgIpc) is 3.10. The van der Waals surface area contributed by atoms with E-state index in [2.05, 4.69) is 4.90 Å². The molecule has 0 aromatic heterocycles. The summed E-state index contributed by atoms with van der Waals surface area (Å²) < 4.78 is 19.2. The zero-order valence-corrected chi connectivity index (χ0v) is 12.4. The van der Waals surface area contributed by atoms with Gasteiger partial charge < -0.3 is 9.64 Å². The van der Waals surface area contributed by atoms with Gasteiger partial charge in [-0.05, 0) is 45.1 Å². The second kappa shape index (κ2) is 5.26. The predicted octanol–water partition coefficient (Wildman–Crippen LogP) is 1.59. The predicted molar refractivity (Wildman–Crippen MR) is 74.3 cm³/mol. The maximum absolute atomic E-state index is 14.0. The minimum absolute atomic E-state index is 0.0810. The van der Waals surface area contributed by atoms with E-state index in [0.29, 0.717) is 19.4 Å². The Morgan fingerprint density at radius 3 is 2.55 bits per heavy atom. The smallest absolute Gasteiger partial charge is 0.260 e. The molecule has 0 N–H and O–H groups in total.